The standard InChI is InChI=1S/C18H20N2O3S/c1-13-7-6-8-16(11-13)24(22,23)19-12-14(2)20(15(3)21)18-10-5-4-9-17(18)19/h4-11,14H,12H2,1-3H3. The summed E-state index contributed by atoms with van der Waals surface area (Å²) < 4.78 is 27.7. The highest BCUT2D eigenvalue weighted by Gasteiger charge is 2.36. The summed E-state index contributed by atoms with van der Waals surface area (Å²) in [4.78, 5) is 13.9. The van der Waals surface area contributed by atoms with Gasteiger partial charge in [0.05, 0.1) is 28.9 Å². The van der Waals surface area contributed by atoms with Gasteiger partial charge in [-0.15, -0.1) is 0 Å². The number of fused-ring (bicyclic) bond motifs is 1. The lowest BCUT2D eigenvalue weighted by Gasteiger charge is -2.40. The fourth-order valence-electron chi connectivity index (χ4n) is 3.15. The van der Waals surface area contributed by atoms with E-state index in [1.807, 2.05) is 26.0 Å². The molecule has 0 saturated carbocycles. The number of aryl methyl sites for hydroxylation is 1. The molecule has 0 aliphatic carbocycles. The van der Waals surface area contributed by atoms with Crippen LogP contribution in [0.15, 0.2) is 53.4 Å². The van der Waals surface area contributed by atoms with Gasteiger partial charge in [-0.25, -0.2) is 8.42 Å². The molecule has 24 heavy (non-hydrogen) atoms. The number of para-hydroxylation sites is 2. The van der Waals surface area contributed by atoms with Crippen LogP contribution in [0.3, 0.4) is 0 Å². The van der Waals surface area contributed by atoms with Crippen molar-refractivity contribution in [2.24, 2.45) is 0 Å². The Labute approximate surface area is 142 Å². The molecule has 3 rings (SSSR count). The number of hydrogen-bond donors (Lipinski definition) is 0. The van der Waals surface area contributed by atoms with Gasteiger partial charge in [0.25, 0.3) is 10.0 Å². The molecule has 1 aliphatic heterocycles. The highest BCUT2D eigenvalue weighted by Crippen LogP contribution is 2.38. The maximum atomic E-state index is 13.1. The van der Waals surface area contributed by atoms with Gasteiger partial charge in [-0.2, -0.15) is 0 Å². The zero-order valence-electron chi connectivity index (χ0n) is 13.9. The smallest absolute Gasteiger partial charge is 0.264 e. The third-order valence-corrected chi connectivity index (χ3v) is 5.97. The first kappa shape index (κ1) is 16.5. The number of rotatable bonds is 2. The van der Waals surface area contributed by atoms with Crippen LogP contribution in [0.1, 0.15) is 19.4 Å². The predicted octanol–water partition coefficient (Wildman–Crippen LogP) is 2.95. The van der Waals surface area contributed by atoms with Gasteiger partial charge in [0, 0.05) is 6.92 Å². The first-order valence-electron chi connectivity index (χ1n) is 7.80. The molecular weight excluding hydrogens is 324 g/mol. The van der Waals surface area contributed by atoms with E-state index in [9.17, 15) is 13.2 Å². The van der Waals surface area contributed by atoms with E-state index in [2.05, 4.69) is 0 Å². The maximum Gasteiger partial charge on any atom is 0.264 e. The second kappa shape index (κ2) is 5.94. The van der Waals surface area contributed by atoms with Crippen LogP contribution in [0.4, 0.5) is 11.4 Å². The lowest BCUT2D eigenvalue weighted by Crippen LogP contribution is -2.51. The Hall–Kier alpha value is -2.34. The van der Waals surface area contributed by atoms with E-state index in [1.54, 1.807) is 41.3 Å². The summed E-state index contributed by atoms with van der Waals surface area (Å²) in [6, 6.07) is 13.8. The molecule has 5 nitrogen and oxygen atoms in total. The molecule has 0 saturated heterocycles. The Bertz CT molecular complexity index is 893. The zero-order chi connectivity index (χ0) is 17.5. The summed E-state index contributed by atoms with van der Waals surface area (Å²) in [5, 5.41) is 0. The Morgan fingerprint density at radius 1 is 1.08 bits per heavy atom. The van der Waals surface area contributed by atoms with Crippen LogP contribution in [0, 0.1) is 6.92 Å². The van der Waals surface area contributed by atoms with E-state index in [1.165, 1.54) is 11.2 Å². The summed E-state index contributed by atoms with van der Waals surface area (Å²) in [5.74, 6) is -0.0949. The monoisotopic (exact) mass is 344 g/mol. The van der Waals surface area contributed by atoms with Gasteiger partial charge in [0.2, 0.25) is 5.91 Å². The van der Waals surface area contributed by atoms with Crippen molar-refractivity contribution in [1.29, 1.82) is 0 Å². The Kier molecular flexibility index (Phi) is 4.09. The minimum absolute atomic E-state index is 0.0949. The van der Waals surface area contributed by atoms with Crippen LogP contribution in [0.25, 0.3) is 0 Å². The fourth-order valence-corrected chi connectivity index (χ4v) is 4.81. The van der Waals surface area contributed by atoms with Gasteiger partial charge in [-0.3, -0.25) is 9.10 Å². The largest absolute Gasteiger partial charge is 0.306 e. The molecular formula is C18H20N2O3S. The average Bonchev–Trinajstić information content (AvgIpc) is 2.53. The molecule has 1 unspecified atom stereocenters. The molecule has 1 heterocycles. The number of sulfonamides is 1. The van der Waals surface area contributed by atoms with E-state index >= 15 is 0 Å². The third-order valence-electron chi connectivity index (χ3n) is 4.20. The van der Waals surface area contributed by atoms with Crippen molar-refractivity contribution in [3.63, 3.8) is 0 Å². The second-order valence-electron chi connectivity index (χ2n) is 6.08. The number of anilines is 2. The third kappa shape index (κ3) is 2.67. The molecule has 1 atom stereocenters. The quantitative estimate of drug-likeness (QED) is 0.842. The number of carbonyl (C=O) groups excluding carboxylic acids is 1. The van der Waals surface area contributed by atoms with Crippen LogP contribution in [-0.4, -0.2) is 26.9 Å². The number of benzene rings is 2. The first-order chi connectivity index (χ1) is 11.3. The maximum absolute atomic E-state index is 13.1. The van der Waals surface area contributed by atoms with E-state index in [0.717, 1.165) is 5.56 Å². The number of amides is 1. The molecule has 0 spiro atoms. The van der Waals surface area contributed by atoms with E-state index in [-0.39, 0.29) is 23.4 Å². The number of nitrogens with zero attached hydrogens (tertiary/aromatic N) is 2. The molecule has 126 valence electrons. The summed E-state index contributed by atoms with van der Waals surface area (Å²) in [5.41, 5.74) is 2.05. The van der Waals surface area contributed by atoms with Crippen molar-refractivity contribution < 1.29 is 13.2 Å². The Morgan fingerprint density at radius 2 is 1.75 bits per heavy atom. The summed E-state index contributed by atoms with van der Waals surface area (Å²) in [7, 11) is -3.68. The van der Waals surface area contributed by atoms with Crippen molar-refractivity contribution in [3.8, 4) is 0 Å². The van der Waals surface area contributed by atoms with E-state index < -0.39 is 10.0 Å². The van der Waals surface area contributed by atoms with Gasteiger partial charge in [-0.05, 0) is 43.7 Å². The lowest BCUT2D eigenvalue weighted by molar-refractivity contribution is -0.117. The van der Waals surface area contributed by atoms with Crippen molar-refractivity contribution in [3.05, 3.63) is 54.1 Å². The molecule has 0 fully saturated rings. The minimum Gasteiger partial charge on any atom is -0.306 e. The second-order valence-corrected chi connectivity index (χ2v) is 7.94. The first-order valence-corrected chi connectivity index (χ1v) is 9.24. The van der Waals surface area contributed by atoms with Crippen LogP contribution < -0.4 is 9.21 Å². The number of hydrogen-bond acceptors (Lipinski definition) is 3. The summed E-state index contributed by atoms with van der Waals surface area (Å²) in [6.45, 7) is 5.45. The molecule has 0 bridgehead atoms. The van der Waals surface area contributed by atoms with Crippen molar-refractivity contribution in [2.75, 3.05) is 15.7 Å². The zero-order valence-corrected chi connectivity index (χ0v) is 14.7. The molecule has 0 aromatic heterocycles. The Balaban J connectivity index is 2.15. The summed E-state index contributed by atoms with van der Waals surface area (Å²) >= 11 is 0. The molecule has 0 N–H and O–H groups in total. The topological polar surface area (TPSA) is 57.7 Å². The van der Waals surface area contributed by atoms with Crippen LogP contribution in [-0.2, 0) is 14.8 Å². The lowest BCUT2D eigenvalue weighted by atomic mass is 10.1. The van der Waals surface area contributed by atoms with Gasteiger partial charge in [0.1, 0.15) is 0 Å². The van der Waals surface area contributed by atoms with Crippen molar-refractivity contribution >= 4 is 27.3 Å². The van der Waals surface area contributed by atoms with E-state index in [0.29, 0.717) is 11.4 Å². The fraction of sp³-hybridized carbons (Fsp3) is 0.278. The van der Waals surface area contributed by atoms with Gasteiger partial charge < -0.3 is 4.90 Å². The Morgan fingerprint density at radius 3 is 2.38 bits per heavy atom. The van der Waals surface area contributed by atoms with Crippen LogP contribution >= 0.6 is 0 Å². The predicted molar refractivity (Wildman–Crippen MR) is 94.8 cm³/mol. The highest BCUT2D eigenvalue weighted by molar-refractivity contribution is 7.92. The minimum atomic E-state index is -3.68. The molecule has 1 amide bonds. The SMILES string of the molecule is CC(=O)N1c2ccccc2N(S(=O)(=O)c2cccc(C)c2)CC1C. The normalized spacial score (nSPS) is 17.5. The number of carbonyl (C=O) groups is 1. The van der Waals surface area contributed by atoms with Crippen LogP contribution in [0.2, 0.25) is 0 Å². The van der Waals surface area contributed by atoms with E-state index in [4.69, 9.17) is 0 Å². The van der Waals surface area contributed by atoms with Crippen molar-refractivity contribution in [2.45, 2.75) is 31.7 Å². The average molecular weight is 344 g/mol. The van der Waals surface area contributed by atoms with Crippen molar-refractivity contribution in [1.82, 2.24) is 0 Å². The van der Waals surface area contributed by atoms with Gasteiger partial charge in [0.15, 0.2) is 0 Å². The highest BCUT2D eigenvalue weighted by atomic mass is 32.2. The van der Waals surface area contributed by atoms with Crippen LogP contribution in [0.5, 0.6) is 0 Å². The molecule has 6 heteroatoms. The molecule has 2 aromatic rings. The molecule has 2 aromatic carbocycles. The van der Waals surface area contributed by atoms with Gasteiger partial charge >= 0.3 is 0 Å². The molecule has 1 aliphatic rings. The molecule has 0 radical (unpaired) electrons. The summed E-state index contributed by atoms with van der Waals surface area (Å²) in [6.07, 6.45) is 0. The van der Waals surface area contributed by atoms with Gasteiger partial charge in [-0.1, -0.05) is 24.3 Å².